The lowest BCUT2D eigenvalue weighted by Crippen LogP contribution is -2.43. The molecule has 1 aliphatic heterocycles. The third-order valence-electron chi connectivity index (χ3n) is 4.75. The number of carbonyl (C=O) groups is 3. The number of carbonyl (C=O) groups excluding carboxylic acids is 2. The van der Waals surface area contributed by atoms with E-state index in [2.05, 4.69) is 5.32 Å². The lowest BCUT2D eigenvalue weighted by Gasteiger charge is -2.32. The number of piperidine rings is 1. The van der Waals surface area contributed by atoms with Crippen LogP contribution in [0.15, 0.2) is 48.5 Å². The normalized spacial score (nSPS) is 16.5. The summed E-state index contributed by atoms with van der Waals surface area (Å²) in [5, 5.41) is 11.6. The third-order valence-corrected chi connectivity index (χ3v) is 4.75. The monoisotopic (exact) mass is 384 g/mol. The van der Waals surface area contributed by atoms with Crippen LogP contribution in [0.3, 0.4) is 0 Å². The van der Waals surface area contributed by atoms with E-state index in [0.717, 1.165) is 0 Å². The fraction of sp³-hybridized carbons (Fsp3) is 0.286. The van der Waals surface area contributed by atoms with Gasteiger partial charge in [-0.1, -0.05) is 12.1 Å². The van der Waals surface area contributed by atoms with Crippen LogP contribution in [0.4, 0.5) is 10.1 Å². The van der Waals surface area contributed by atoms with Crippen LogP contribution in [-0.2, 0) is 16.0 Å². The topological polar surface area (TPSA) is 86.7 Å². The summed E-state index contributed by atoms with van der Waals surface area (Å²) in [7, 11) is 0. The average molecular weight is 384 g/mol. The summed E-state index contributed by atoms with van der Waals surface area (Å²) in [6, 6.07) is 12.0. The molecule has 146 valence electrons. The van der Waals surface area contributed by atoms with Gasteiger partial charge in [0.2, 0.25) is 5.91 Å². The summed E-state index contributed by atoms with van der Waals surface area (Å²) < 4.78 is 13.0. The molecule has 3 rings (SSSR count). The molecule has 1 aliphatic rings. The molecule has 0 aromatic heterocycles. The van der Waals surface area contributed by atoms with Crippen LogP contribution in [0.1, 0.15) is 28.8 Å². The summed E-state index contributed by atoms with van der Waals surface area (Å²) in [5.74, 6) is -2.04. The predicted octanol–water partition coefficient (Wildman–Crippen LogP) is 2.94. The standard InChI is InChI=1S/C21H21FN2O4/c22-17-7-5-15(6-8-17)21(28)24-11-1-2-16(13-24)20(27)23-18-9-3-14(4-10-18)12-19(25)26/h3-10,16H,1-2,11-13H2,(H,23,27)(H,25,26). The fourth-order valence-electron chi connectivity index (χ4n) is 3.28. The summed E-state index contributed by atoms with van der Waals surface area (Å²) >= 11 is 0. The number of halogens is 1. The SMILES string of the molecule is O=C(O)Cc1ccc(NC(=O)C2CCCN(C(=O)c3ccc(F)cc3)C2)cc1. The highest BCUT2D eigenvalue weighted by Gasteiger charge is 2.29. The Balaban J connectivity index is 1.60. The van der Waals surface area contributed by atoms with E-state index >= 15 is 0 Å². The maximum Gasteiger partial charge on any atom is 0.307 e. The smallest absolute Gasteiger partial charge is 0.307 e. The van der Waals surface area contributed by atoms with Crippen LogP contribution in [0.2, 0.25) is 0 Å². The van der Waals surface area contributed by atoms with E-state index in [1.807, 2.05) is 0 Å². The van der Waals surface area contributed by atoms with Gasteiger partial charge in [0.25, 0.3) is 5.91 Å². The molecular weight excluding hydrogens is 363 g/mol. The molecular formula is C21H21FN2O4. The van der Waals surface area contributed by atoms with Crippen molar-refractivity contribution in [2.75, 3.05) is 18.4 Å². The van der Waals surface area contributed by atoms with Crippen molar-refractivity contribution in [3.8, 4) is 0 Å². The predicted molar refractivity (Wildman–Crippen MR) is 101 cm³/mol. The molecule has 0 saturated carbocycles. The Morgan fingerprint density at radius 3 is 2.39 bits per heavy atom. The maximum absolute atomic E-state index is 13.0. The Hall–Kier alpha value is -3.22. The molecule has 1 unspecified atom stereocenters. The Morgan fingerprint density at radius 2 is 1.75 bits per heavy atom. The van der Waals surface area contributed by atoms with E-state index in [1.165, 1.54) is 24.3 Å². The highest BCUT2D eigenvalue weighted by Crippen LogP contribution is 2.21. The Kier molecular flexibility index (Phi) is 6.03. The van der Waals surface area contributed by atoms with Crippen LogP contribution >= 0.6 is 0 Å². The number of nitrogens with one attached hydrogen (secondary N) is 1. The highest BCUT2D eigenvalue weighted by molar-refractivity contribution is 5.96. The second kappa shape index (κ2) is 8.65. The molecule has 2 N–H and O–H groups in total. The van der Waals surface area contributed by atoms with Gasteiger partial charge in [-0.15, -0.1) is 0 Å². The lowest BCUT2D eigenvalue weighted by atomic mass is 9.96. The van der Waals surface area contributed by atoms with Gasteiger partial charge in [-0.2, -0.15) is 0 Å². The van der Waals surface area contributed by atoms with Crippen molar-refractivity contribution in [3.05, 3.63) is 65.5 Å². The zero-order valence-corrected chi connectivity index (χ0v) is 15.2. The minimum atomic E-state index is -0.912. The van der Waals surface area contributed by atoms with E-state index in [-0.39, 0.29) is 24.2 Å². The number of nitrogens with zero attached hydrogens (tertiary/aromatic N) is 1. The number of carboxylic acids is 1. The molecule has 6 nitrogen and oxygen atoms in total. The Morgan fingerprint density at radius 1 is 1.07 bits per heavy atom. The lowest BCUT2D eigenvalue weighted by molar-refractivity contribution is -0.136. The average Bonchev–Trinajstić information content (AvgIpc) is 2.69. The first-order valence-electron chi connectivity index (χ1n) is 9.09. The zero-order valence-electron chi connectivity index (χ0n) is 15.2. The second-order valence-electron chi connectivity index (χ2n) is 6.85. The molecule has 1 heterocycles. The van der Waals surface area contributed by atoms with Crippen molar-refractivity contribution in [2.24, 2.45) is 5.92 Å². The number of aliphatic carboxylic acids is 1. The van der Waals surface area contributed by atoms with Crippen molar-refractivity contribution in [1.82, 2.24) is 4.90 Å². The van der Waals surface area contributed by atoms with Gasteiger partial charge in [0.1, 0.15) is 5.82 Å². The molecule has 2 amide bonds. The van der Waals surface area contributed by atoms with Crippen molar-refractivity contribution in [3.63, 3.8) is 0 Å². The molecule has 28 heavy (non-hydrogen) atoms. The molecule has 1 saturated heterocycles. The van der Waals surface area contributed by atoms with Gasteiger partial charge in [0.05, 0.1) is 12.3 Å². The highest BCUT2D eigenvalue weighted by atomic mass is 19.1. The van der Waals surface area contributed by atoms with Gasteiger partial charge in [-0.05, 0) is 54.8 Å². The van der Waals surface area contributed by atoms with Gasteiger partial charge in [0, 0.05) is 24.3 Å². The van der Waals surface area contributed by atoms with Gasteiger partial charge in [-0.3, -0.25) is 14.4 Å². The zero-order chi connectivity index (χ0) is 20.1. The summed E-state index contributed by atoms with van der Waals surface area (Å²) in [5.41, 5.74) is 1.64. The maximum atomic E-state index is 13.0. The molecule has 1 atom stereocenters. The van der Waals surface area contributed by atoms with Crippen molar-refractivity contribution in [2.45, 2.75) is 19.3 Å². The number of carboxylic acid groups (broad SMARTS) is 1. The van der Waals surface area contributed by atoms with E-state index in [0.29, 0.717) is 42.7 Å². The van der Waals surface area contributed by atoms with Crippen LogP contribution < -0.4 is 5.32 Å². The number of anilines is 1. The molecule has 0 bridgehead atoms. The Labute approximate surface area is 162 Å². The molecule has 0 radical (unpaired) electrons. The quantitative estimate of drug-likeness (QED) is 0.830. The van der Waals surface area contributed by atoms with Gasteiger partial charge >= 0.3 is 5.97 Å². The molecule has 1 fully saturated rings. The Bertz CT molecular complexity index is 865. The minimum absolute atomic E-state index is 0.0721. The molecule has 0 spiro atoms. The first-order chi connectivity index (χ1) is 13.4. The summed E-state index contributed by atoms with van der Waals surface area (Å²) in [4.78, 5) is 37.5. The van der Waals surface area contributed by atoms with Crippen LogP contribution in [0.25, 0.3) is 0 Å². The van der Waals surface area contributed by atoms with Crippen LogP contribution in [-0.4, -0.2) is 40.9 Å². The fourth-order valence-corrected chi connectivity index (χ4v) is 3.28. The molecule has 2 aromatic carbocycles. The number of amides is 2. The first-order valence-corrected chi connectivity index (χ1v) is 9.09. The summed E-state index contributed by atoms with van der Waals surface area (Å²) in [6.07, 6.45) is 1.32. The molecule has 7 heteroatoms. The summed E-state index contributed by atoms with van der Waals surface area (Å²) in [6.45, 7) is 0.864. The molecule has 2 aromatic rings. The first kappa shape index (κ1) is 19.5. The van der Waals surface area contributed by atoms with Crippen molar-refractivity contribution < 1.29 is 23.9 Å². The van der Waals surface area contributed by atoms with Crippen LogP contribution in [0, 0.1) is 11.7 Å². The second-order valence-corrected chi connectivity index (χ2v) is 6.85. The van der Waals surface area contributed by atoms with Gasteiger partial charge < -0.3 is 15.3 Å². The van der Waals surface area contributed by atoms with E-state index in [4.69, 9.17) is 5.11 Å². The number of hydrogen-bond acceptors (Lipinski definition) is 3. The number of hydrogen-bond donors (Lipinski definition) is 2. The number of benzene rings is 2. The number of rotatable bonds is 5. The van der Waals surface area contributed by atoms with E-state index < -0.39 is 11.8 Å². The largest absolute Gasteiger partial charge is 0.481 e. The van der Waals surface area contributed by atoms with Crippen molar-refractivity contribution >= 4 is 23.5 Å². The minimum Gasteiger partial charge on any atom is -0.481 e. The number of likely N-dealkylation sites (tertiary alicyclic amines) is 1. The third kappa shape index (κ3) is 4.94. The van der Waals surface area contributed by atoms with Gasteiger partial charge in [0.15, 0.2) is 0 Å². The van der Waals surface area contributed by atoms with Crippen molar-refractivity contribution in [1.29, 1.82) is 0 Å². The van der Waals surface area contributed by atoms with E-state index in [9.17, 15) is 18.8 Å². The van der Waals surface area contributed by atoms with Gasteiger partial charge in [-0.25, -0.2) is 4.39 Å². The van der Waals surface area contributed by atoms with E-state index in [1.54, 1.807) is 29.2 Å². The van der Waals surface area contributed by atoms with Crippen LogP contribution in [0.5, 0.6) is 0 Å². The molecule has 0 aliphatic carbocycles.